The summed E-state index contributed by atoms with van der Waals surface area (Å²) in [6.45, 7) is 2.22. The zero-order chi connectivity index (χ0) is 13.8. The molecule has 19 heavy (non-hydrogen) atoms. The molecule has 1 rings (SSSR count). The molecule has 112 valence electrons. The summed E-state index contributed by atoms with van der Waals surface area (Å²) in [7, 11) is 0. The lowest BCUT2D eigenvalue weighted by molar-refractivity contribution is -0.150. The monoisotopic (exact) mass is 268 g/mol. The van der Waals surface area contributed by atoms with E-state index in [2.05, 4.69) is 6.92 Å². The van der Waals surface area contributed by atoms with Crippen LogP contribution in [0.2, 0.25) is 0 Å². The molecule has 0 spiro atoms. The van der Waals surface area contributed by atoms with Crippen LogP contribution in [0.4, 0.5) is 0 Å². The smallest absolute Gasteiger partial charge is 0.306 e. The van der Waals surface area contributed by atoms with Crippen molar-refractivity contribution < 1.29 is 9.53 Å². The normalized spacial score (nSPS) is 23.8. The van der Waals surface area contributed by atoms with E-state index in [-0.39, 0.29) is 12.1 Å². The standard InChI is InChI=1S/C17H32O2/c1-2-3-10-13-16-14-11-8-6-4-5-7-9-12-15-17(18)19-16/h16H,2-15H2,1H3. The maximum absolute atomic E-state index is 11.8. The van der Waals surface area contributed by atoms with Crippen LogP contribution in [0.1, 0.15) is 96.8 Å². The average Bonchev–Trinajstić information content (AvgIpc) is 2.41. The minimum atomic E-state index is 0.0424. The fourth-order valence-corrected chi connectivity index (χ4v) is 2.83. The molecular formula is C17H32O2. The van der Waals surface area contributed by atoms with Crippen molar-refractivity contribution >= 4 is 5.97 Å². The highest BCUT2D eigenvalue weighted by Gasteiger charge is 2.14. The number of carbonyl (C=O) groups excluding carboxylic acids is 1. The van der Waals surface area contributed by atoms with E-state index < -0.39 is 0 Å². The van der Waals surface area contributed by atoms with Crippen molar-refractivity contribution in [2.45, 2.75) is 103 Å². The summed E-state index contributed by atoms with van der Waals surface area (Å²) in [5.41, 5.74) is 0. The van der Waals surface area contributed by atoms with Gasteiger partial charge in [0.2, 0.25) is 0 Å². The Morgan fingerprint density at radius 3 is 2.26 bits per heavy atom. The molecular weight excluding hydrogens is 236 g/mol. The highest BCUT2D eigenvalue weighted by Crippen LogP contribution is 2.18. The van der Waals surface area contributed by atoms with Gasteiger partial charge in [-0.3, -0.25) is 4.79 Å². The Hall–Kier alpha value is -0.530. The molecule has 0 saturated carbocycles. The average molecular weight is 268 g/mol. The Morgan fingerprint density at radius 2 is 1.58 bits per heavy atom. The van der Waals surface area contributed by atoms with Gasteiger partial charge in [-0.1, -0.05) is 58.3 Å². The van der Waals surface area contributed by atoms with Crippen molar-refractivity contribution in [1.82, 2.24) is 0 Å². The lowest BCUT2D eigenvalue weighted by Crippen LogP contribution is -2.18. The molecule has 1 aliphatic rings. The topological polar surface area (TPSA) is 26.3 Å². The minimum Gasteiger partial charge on any atom is -0.462 e. The first-order chi connectivity index (χ1) is 9.33. The zero-order valence-corrected chi connectivity index (χ0v) is 12.8. The van der Waals surface area contributed by atoms with Crippen LogP contribution in [0, 0.1) is 0 Å². The highest BCUT2D eigenvalue weighted by atomic mass is 16.5. The Bertz CT molecular complexity index is 225. The molecule has 0 radical (unpaired) electrons. The molecule has 1 atom stereocenters. The van der Waals surface area contributed by atoms with Crippen LogP contribution in [-0.4, -0.2) is 12.1 Å². The van der Waals surface area contributed by atoms with Gasteiger partial charge in [0.1, 0.15) is 6.10 Å². The van der Waals surface area contributed by atoms with Gasteiger partial charge in [0.25, 0.3) is 0 Å². The number of hydrogen-bond acceptors (Lipinski definition) is 2. The molecule has 0 aromatic heterocycles. The van der Waals surface area contributed by atoms with Crippen LogP contribution in [0.25, 0.3) is 0 Å². The molecule has 0 aliphatic carbocycles. The number of hydrogen-bond donors (Lipinski definition) is 0. The number of esters is 1. The molecule has 0 aromatic carbocycles. The fourth-order valence-electron chi connectivity index (χ4n) is 2.83. The van der Waals surface area contributed by atoms with E-state index in [4.69, 9.17) is 4.74 Å². The predicted octanol–water partition coefficient (Wildman–Crippen LogP) is 5.39. The molecule has 1 fully saturated rings. The molecule has 2 nitrogen and oxygen atoms in total. The Labute approximate surface area is 119 Å². The van der Waals surface area contributed by atoms with Crippen molar-refractivity contribution in [2.24, 2.45) is 0 Å². The van der Waals surface area contributed by atoms with Gasteiger partial charge in [-0.15, -0.1) is 0 Å². The van der Waals surface area contributed by atoms with Crippen LogP contribution < -0.4 is 0 Å². The number of ether oxygens (including phenoxy) is 1. The highest BCUT2D eigenvalue weighted by molar-refractivity contribution is 5.69. The quantitative estimate of drug-likeness (QED) is 0.504. The second kappa shape index (κ2) is 11.3. The largest absolute Gasteiger partial charge is 0.462 e. The molecule has 2 heteroatoms. The van der Waals surface area contributed by atoms with Gasteiger partial charge in [-0.25, -0.2) is 0 Å². The molecule has 1 aliphatic heterocycles. The van der Waals surface area contributed by atoms with Crippen molar-refractivity contribution in [1.29, 1.82) is 0 Å². The maximum atomic E-state index is 11.8. The van der Waals surface area contributed by atoms with E-state index >= 15 is 0 Å². The summed E-state index contributed by atoms with van der Waals surface area (Å²) in [5, 5.41) is 0. The van der Waals surface area contributed by atoms with Gasteiger partial charge < -0.3 is 4.74 Å². The Morgan fingerprint density at radius 1 is 0.947 bits per heavy atom. The van der Waals surface area contributed by atoms with E-state index in [1.807, 2.05) is 0 Å². The molecule has 0 N–H and O–H groups in total. The van der Waals surface area contributed by atoms with Crippen LogP contribution >= 0.6 is 0 Å². The van der Waals surface area contributed by atoms with E-state index in [0.29, 0.717) is 6.42 Å². The van der Waals surface area contributed by atoms with Crippen LogP contribution in [0.15, 0.2) is 0 Å². The molecule has 1 saturated heterocycles. The number of unbranched alkanes of at least 4 members (excludes halogenated alkanes) is 2. The fraction of sp³-hybridized carbons (Fsp3) is 0.941. The minimum absolute atomic E-state index is 0.0424. The summed E-state index contributed by atoms with van der Waals surface area (Å²) in [4.78, 5) is 11.8. The van der Waals surface area contributed by atoms with Gasteiger partial charge in [0.15, 0.2) is 0 Å². The zero-order valence-electron chi connectivity index (χ0n) is 12.8. The van der Waals surface area contributed by atoms with Crippen molar-refractivity contribution in [2.75, 3.05) is 0 Å². The van der Waals surface area contributed by atoms with E-state index in [0.717, 1.165) is 19.3 Å². The molecule has 0 bridgehead atoms. The first kappa shape index (κ1) is 16.5. The Balaban J connectivity index is 2.34. The number of carbonyl (C=O) groups is 1. The van der Waals surface area contributed by atoms with Crippen LogP contribution in [0.5, 0.6) is 0 Å². The van der Waals surface area contributed by atoms with Crippen molar-refractivity contribution in [3.8, 4) is 0 Å². The van der Waals surface area contributed by atoms with Crippen molar-refractivity contribution in [3.63, 3.8) is 0 Å². The third-order valence-electron chi connectivity index (χ3n) is 4.08. The van der Waals surface area contributed by atoms with Gasteiger partial charge in [0, 0.05) is 6.42 Å². The van der Waals surface area contributed by atoms with Crippen molar-refractivity contribution in [3.05, 3.63) is 0 Å². The second-order valence-electron chi connectivity index (χ2n) is 5.97. The second-order valence-corrected chi connectivity index (χ2v) is 5.97. The third-order valence-corrected chi connectivity index (χ3v) is 4.08. The molecule has 0 amide bonds. The van der Waals surface area contributed by atoms with Gasteiger partial charge in [0.05, 0.1) is 0 Å². The number of cyclic esters (lactones) is 1. The lowest BCUT2D eigenvalue weighted by atomic mass is 10.0. The number of rotatable bonds is 4. The van der Waals surface area contributed by atoms with Crippen LogP contribution in [-0.2, 0) is 9.53 Å². The van der Waals surface area contributed by atoms with Crippen LogP contribution in [0.3, 0.4) is 0 Å². The van der Waals surface area contributed by atoms with E-state index in [1.165, 1.54) is 64.2 Å². The summed E-state index contributed by atoms with van der Waals surface area (Å²) >= 11 is 0. The first-order valence-corrected chi connectivity index (χ1v) is 8.52. The SMILES string of the molecule is CCCCCC1CCCCCCCCCCC(=O)O1. The Kier molecular flexibility index (Phi) is 9.84. The molecule has 1 unspecified atom stereocenters. The van der Waals surface area contributed by atoms with E-state index in [1.54, 1.807) is 0 Å². The van der Waals surface area contributed by atoms with Gasteiger partial charge in [-0.05, 0) is 32.1 Å². The summed E-state index contributed by atoms with van der Waals surface area (Å²) < 4.78 is 5.67. The molecule has 0 aromatic rings. The van der Waals surface area contributed by atoms with Gasteiger partial charge in [-0.2, -0.15) is 0 Å². The predicted molar refractivity (Wildman–Crippen MR) is 80.2 cm³/mol. The first-order valence-electron chi connectivity index (χ1n) is 8.52. The summed E-state index contributed by atoms with van der Waals surface area (Å²) in [6, 6.07) is 0. The third kappa shape index (κ3) is 9.07. The lowest BCUT2D eigenvalue weighted by Gasteiger charge is -2.17. The summed E-state index contributed by atoms with van der Waals surface area (Å²) in [6.07, 6.45) is 16.8. The summed E-state index contributed by atoms with van der Waals surface area (Å²) in [5.74, 6) is 0.0424. The van der Waals surface area contributed by atoms with Gasteiger partial charge >= 0.3 is 5.97 Å². The van der Waals surface area contributed by atoms with E-state index in [9.17, 15) is 4.79 Å². The molecule has 1 heterocycles. The maximum Gasteiger partial charge on any atom is 0.306 e.